The Hall–Kier alpha value is -0.120. The third kappa shape index (κ3) is 0.944. The molecule has 0 bridgehead atoms. The van der Waals surface area contributed by atoms with Crippen molar-refractivity contribution in [1.82, 2.24) is 10.3 Å². The lowest BCUT2D eigenvalue weighted by atomic mass is 9.99. The summed E-state index contributed by atoms with van der Waals surface area (Å²) in [6, 6.07) is 1.33. The van der Waals surface area contributed by atoms with Crippen molar-refractivity contribution < 1.29 is 0 Å². The summed E-state index contributed by atoms with van der Waals surface area (Å²) in [6.07, 6.45) is 3.81. The zero-order chi connectivity index (χ0) is 6.97. The summed E-state index contributed by atoms with van der Waals surface area (Å²) < 4.78 is 0. The maximum absolute atomic E-state index is 5.81. The molecule has 2 aliphatic heterocycles. The molecule has 0 aromatic carbocycles. The Balaban J connectivity index is 2.03. The number of piperidine rings is 1. The molecule has 0 unspecified atom stereocenters. The van der Waals surface area contributed by atoms with Crippen molar-refractivity contribution in [3.05, 3.63) is 0 Å². The van der Waals surface area contributed by atoms with Crippen LogP contribution in [0.1, 0.15) is 19.3 Å². The number of nitrogens with one attached hydrogen (secondary N) is 1. The van der Waals surface area contributed by atoms with Crippen LogP contribution in [0.4, 0.5) is 0 Å². The third-order valence-electron chi connectivity index (χ3n) is 2.67. The van der Waals surface area contributed by atoms with Crippen LogP contribution in [0.3, 0.4) is 0 Å². The molecule has 10 heavy (non-hydrogen) atoms. The highest BCUT2D eigenvalue weighted by molar-refractivity contribution is 4.92. The number of rotatable bonds is 0. The smallest absolute Gasteiger partial charge is 0.0406 e. The molecule has 2 fully saturated rings. The van der Waals surface area contributed by atoms with Crippen LogP contribution in [0.5, 0.6) is 0 Å². The summed E-state index contributed by atoms with van der Waals surface area (Å²) in [6.45, 7) is 2.24. The zero-order valence-electron chi connectivity index (χ0n) is 6.21. The molecule has 0 aliphatic carbocycles. The average molecular weight is 141 g/mol. The summed E-state index contributed by atoms with van der Waals surface area (Å²) in [5.74, 6) is 5.81. The van der Waals surface area contributed by atoms with Crippen LogP contribution in [-0.2, 0) is 0 Å². The number of nitrogens with zero attached hydrogens (tertiary/aromatic N) is 1. The number of hydrazine groups is 1. The topological polar surface area (TPSA) is 41.3 Å². The van der Waals surface area contributed by atoms with Gasteiger partial charge in [0.25, 0.3) is 0 Å². The monoisotopic (exact) mass is 141 g/mol. The Bertz CT molecular complexity index is 126. The van der Waals surface area contributed by atoms with Gasteiger partial charge in [-0.25, -0.2) is 5.01 Å². The molecule has 2 rings (SSSR count). The highest BCUT2D eigenvalue weighted by atomic mass is 15.4. The number of hydrogen-bond donors (Lipinski definition) is 2. The SMILES string of the molecule is NN1CCC[C@@H]2NCC[C@H]21. The van der Waals surface area contributed by atoms with E-state index >= 15 is 0 Å². The van der Waals surface area contributed by atoms with Crippen molar-refractivity contribution in [2.75, 3.05) is 13.1 Å². The molecule has 3 heteroatoms. The van der Waals surface area contributed by atoms with Gasteiger partial charge in [-0.3, -0.25) is 5.84 Å². The molecular weight excluding hydrogens is 126 g/mol. The molecule has 58 valence electrons. The highest BCUT2D eigenvalue weighted by Gasteiger charge is 2.32. The van der Waals surface area contributed by atoms with Crippen LogP contribution in [0, 0.1) is 0 Å². The lowest BCUT2D eigenvalue weighted by Crippen LogP contribution is -2.51. The van der Waals surface area contributed by atoms with E-state index in [-0.39, 0.29) is 0 Å². The van der Waals surface area contributed by atoms with Gasteiger partial charge < -0.3 is 5.32 Å². The van der Waals surface area contributed by atoms with E-state index < -0.39 is 0 Å². The lowest BCUT2D eigenvalue weighted by Gasteiger charge is -2.33. The van der Waals surface area contributed by atoms with Crippen LogP contribution in [0.15, 0.2) is 0 Å². The van der Waals surface area contributed by atoms with Crippen LogP contribution < -0.4 is 11.2 Å². The average Bonchev–Trinajstić information content (AvgIpc) is 2.36. The van der Waals surface area contributed by atoms with Gasteiger partial charge in [-0.1, -0.05) is 0 Å². The minimum atomic E-state index is 0.633. The van der Waals surface area contributed by atoms with Crippen molar-refractivity contribution in [2.45, 2.75) is 31.3 Å². The largest absolute Gasteiger partial charge is 0.312 e. The first-order valence-corrected chi connectivity index (χ1v) is 4.12. The predicted molar refractivity (Wildman–Crippen MR) is 40.3 cm³/mol. The van der Waals surface area contributed by atoms with Crippen molar-refractivity contribution in [1.29, 1.82) is 0 Å². The van der Waals surface area contributed by atoms with Crippen molar-refractivity contribution >= 4 is 0 Å². The first-order chi connectivity index (χ1) is 4.88. The molecule has 2 heterocycles. The maximum Gasteiger partial charge on any atom is 0.0406 e. The minimum absolute atomic E-state index is 0.633. The summed E-state index contributed by atoms with van der Waals surface area (Å²) in [5, 5.41) is 5.48. The van der Waals surface area contributed by atoms with Gasteiger partial charge in [0.1, 0.15) is 0 Å². The quantitative estimate of drug-likeness (QED) is 0.454. The van der Waals surface area contributed by atoms with E-state index in [1.165, 1.54) is 19.3 Å². The Kier molecular flexibility index (Phi) is 1.64. The first-order valence-electron chi connectivity index (χ1n) is 4.12. The van der Waals surface area contributed by atoms with E-state index in [1.54, 1.807) is 0 Å². The molecule has 0 amide bonds. The molecule has 3 N–H and O–H groups in total. The number of fused-ring (bicyclic) bond motifs is 1. The van der Waals surface area contributed by atoms with E-state index in [9.17, 15) is 0 Å². The second kappa shape index (κ2) is 2.49. The predicted octanol–water partition coefficient (Wildman–Crippen LogP) is -0.314. The Morgan fingerprint density at radius 1 is 1.40 bits per heavy atom. The number of nitrogens with two attached hydrogens (primary N) is 1. The summed E-state index contributed by atoms with van der Waals surface area (Å²) >= 11 is 0. The van der Waals surface area contributed by atoms with E-state index in [2.05, 4.69) is 5.32 Å². The summed E-state index contributed by atoms with van der Waals surface area (Å²) in [5.41, 5.74) is 0. The minimum Gasteiger partial charge on any atom is -0.312 e. The summed E-state index contributed by atoms with van der Waals surface area (Å²) in [7, 11) is 0. The van der Waals surface area contributed by atoms with Gasteiger partial charge in [0.2, 0.25) is 0 Å². The van der Waals surface area contributed by atoms with Gasteiger partial charge in [-0.2, -0.15) is 0 Å². The van der Waals surface area contributed by atoms with E-state index in [1.807, 2.05) is 5.01 Å². The fraction of sp³-hybridized carbons (Fsp3) is 1.00. The van der Waals surface area contributed by atoms with E-state index in [4.69, 9.17) is 5.84 Å². The summed E-state index contributed by atoms with van der Waals surface area (Å²) in [4.78, 5) is 0. The van der Waals surface area contributed by atoms with Crippen molar-refractivity contribution in [3.63, 3.8) is 0 Å². The third-order valence-corrected chi connectivity index (χ3v) is 2.67. The van der Waals surface area contributed by atoms with Gasteiger partial charge in [0.15, 0.2) is 0 Å². The van der Waals surface area contributed by atoms with Crippen LogP contribution >= 0.6 is 0 Å². The standard InChI is InChI=1S/C7H15N3/c8-10-5-1-2-6-7(10)3-4-9-6/h6-7,9H,1-5,8H2/t6-,7+/m0/s1. The van der Waals surface area contributed by atoms with E-state index in [0.717, 1.165) is 13.1 Å². The fourth-order valence-electron chi connectivity index (χ4n) is 2.10. The molecule has 0 aromatic rings. The Morgan fingerprint density at radius 2 is 2.30 bits per heavy atom. The molecule has 0 aromatic heterocycles. The van der Waals surface area contributed by atoms with Crippen molar-refractivity contribution in [3.8, 4) is 0 Å². The second-order valence-electron chi connectivity index (χ2n) is 3.30. The van der Waals surface area contributed by atoms with Crippen LogP contribution in [-0.4, -0.2) is 30.2 Å². The molecule has 2 saturated heterocycles. The fourth-order valence-corrected chi connectivity index (χ4v) is 2.10. The lowest BCUT2D eigenvalue weighted by molar-refractivity contribution is 0.140. The molecule has 0 saturated carbocycles. The van der Waals surface area contributed by atoms with Gasteiger partial charge >= 0.3 is 0 Å². The molecule has 0 spiro atoms. The molecule has 2 aliphatic rings. The van der Waals surface area contributed by atoms with Crippen LogP contribution in [0.2, 0.25) is 0 Å². The maximum atomic E-state index is 5.81. The Morgan fingerprint density at radius 3 is 3.10 bits per heavy atom. The molecule has 0 radical (unpaired) electrons. The van der Waals surface area contributed by atoms with Gasteiger partial charge in [-0.05, 0) is 25.8 Å². The zero-order valence-corrected chi connectivity index (χ0v) is 6.21. The molecule has 2 atom stereocenters. The second-order valence-corrected chi connectivity index (χ2v) is 3.30. The number of hydrogen-bond acceptors (Lipinski definition) is 3. The highest BCUT2D eigenvalue weighted by Crippen LogP contribution is 2.20. The van der Waals surface area contributed by atoms with Crippen molar-refractivity contribution in [2.24, 2.45) is 5.84 Å². The molecular formula is C7H15N3. The first kappa shape index (κ1) is 6.58. The Labute approximate surface area is 61.5 Å². The molecule has 3 nitrogen and oxygen atoms in total. The van der Waals surface area contributed by atoms with Gasteiger partial charge in [0, 0.05) is 18.6 Å². The normalized spacial score (nSPS) is 41.7. The van der Waals surface area contributed by atoms with Gasteiger partial charge in [0.05, 0.1) is 0 Å². The van der Waals surface area contributed by atoms with Crippen LogP contribution in [0.25, 0.3) is 0 Å². The van der Waals surface area contributed by atoms with Gasteiger partial charge in [-0.15, -0.1) is 0 Å². The van der Waals surface area contributed by atoms with E-state index in [0.29, 0.717) is 12.1 Å².